The maximum atomic E-state index is 4.37. The lowest BCUT2D eigenvalue weighted by Gasteiger charge is -2.19. The highest BCUT2D eigenvalue weighted by Gasteiger charge is 2.43. The second kappa shape index (κ2) is 10.7. The molecule has 2 rings (SSSR count). The van der Waals surface area contributed by atoms with Gasteiger partial charge in [0, 0.05) is 29.8 Å². The summed E-state index contributed by atoms with van der Waals surface area (Å²) < 4.78 is 0.349. The molecule has 0 heterocycles. The van der Waals surface area contributed by atoms with Gasteiger partial charge in [-0.3, -0.25) is 4.99 Å². The third-order valence-electron chi connectivity index (χ3n) is 4.77. The Hall–Kier alpha value is -1.20. The molecule has 0 amide bonds. The van der Waals surface area contributed by atoms with Crippen LogP contribution in [0.4, 0.5) is 0 Å². The van der Waals surface area contributed by atoms with Gasteiger partial charge in [0.15, 0.2) is 5.96 Å². The van der Waals surface area contributed by atoms with Crippen molar-refractivity contribution in [1.82, 2.24) is 15.5 Å². The number of rotatable bonds is 11. The van der Waals surface area contributed by atoms with E-state index in [1.54, 1.807) is 0 Å². The summed E-state index contributed by atoms with van der Waals surface area (Å²) in [7, 11) is 1.86. The van der Waals surface area contributed by atoms with E-state index in [-0.39, 0.29) is 0 Å². The summed E-state index contributed by atoms with van der Waals surface area (Å²) in [6.07, 6.45) is 4.97. The van der Waals surface area contributed by atoms with Gasteiger partial charge in [-0.1, -0.05) is 32.0 Å². The van der Waals surface area contributed by atoms with E-state index in [1.165, 1.54) is 37.1 Å². The molecule has 0 radical (unpaired) electrons. The van der Waals surface area contributed by atoms with E-state index in [4.69, 9.17) is 0 Å². The minimum Gasteiger partial charge on any atom is -0.356 e. The number of unbranched alkanes of at least 4 members (excludes halogenated alkanes) is 1. The fraction of sp³-hybridized carbons (Fsp3) is 0.650. The first-order valence-electron chi connectivity index (χ1n) is 9.62. The Labute approximate surface area is 157 Å². The van der Waals surface area contributed by atoms with Crippen LogP contribution in [0.3, 0.4) is 0 Å². The van der Waals surface area contributed by atoms with Gasteiger partial charge in [0.2, 0.25) is 0 Å². The van der Waals surface area contributed by atoms with Crippen LogP contribution < -0.4 is 10.6 Å². The second-order valence-electron chi connectivity index (χ2n) is 6.68. The topological polar surface area (TPSA) is 39.7 Å². The van der Waals surface area contributed by atoms with E-state index in [1.807, 2.05) is 18.8 Å². The summed E-state index contributed by atoms with van der Waals surface area (Å²) in [4.78, 5) is 8.20. The minimum absolute atomic E-state index is 0.349. The maximum absolute atomic E-state index is 4.37. The molecular weight excluding hydrogens is 328 g/mol. The first-order valence-corrected chi connectivity index (χ1v) is 10.4. The largest absolute Gasteiger partial charge is 0.356 e. The van der Waals surface area contributed by atoms with Crippen molar-refractivity contribution in [3.63, 3.8) is 0 Å². The summed E-state index contributed by atoms with van der Waals surface area (Å²) in [6, 6.07) is 10.7. The normalized spacial score (nSPS) is 16.1. The van der Waals surface area contributed by atoms with Crippen LogP contribution in [0.25, 0.3) is 0 Å². The van der Waals surface area contributed by atoms with Crippen molar-refractivity contribution < 1.29 is 0 Å². The molecule has 5 heteroatoms. The van der Waals surface area contributed by atoms with Crippen LogP contribution in [-0.2, 0) is 0 Å². The summed E-state index contributed by atoms with van der Waals surface area (Å²) in [5.41, 5.74) is 0. The highest BCUT2D eigenvalue weighted by molar-refractivity contribution is 8.01. The molecule has 0 spiro atoms. The van der Waals surface area contributed by atoms with Gasteiger partial charge < -0.3 is 15.5 Å². The standard InChI is InChI=1S/C20H34N4S/c1-4-24(5-2)16-10-9-15-22-19(21-3)23-17-20(13-14-20)25-18-11-7-6-8-12-18/h6-8,11-12H,4-5,9-10,13-17H2,1-3H3,(H2,21,22,23). The number of guanidine groups is 1. The van der Waals surface area contributed by atoms with Crippen molar-refractivity contribution in [2.24, 2.45) is 4.99 Å². The van der Waals surface area contributed by atoms with Crippen LogP contribution in [0.5, 0.6) is 0 Å². The second-order valence-corrected chi connectivity index (χ2v) is 8.23. The zero-order valence-corrected chi connectivity index (χ0v) is 16.9. The predicted octanol–water partition coefficient (Wildman–Crippen LogP) is 3.60. The van der Waals surface area contributed by atoms with Crippen molar-refractivity contribution >= 4 is 17.7 Å². The maximum Gasteiger partial charge on any atom is 0.191 e. The Morgan fingerprint density at radius 2 is 1.84 bits per heavy atom. The lowest BCUT2D eigenvalue weighted by molar-refractivity contribution is 0.297. The van der Waals surface area contributed by atoms with Crippen LogP contribution in [0.2, 0.25) is 0 Å². The Balaban J connectivity index is 1.63. The number of thioether (sulfide) groups is 1. The SMILES string of the molecule is CCN(CC)CCCCNC(=NC)NCC1(Sc2ccccc2)CC1. The van der Waals surface area contributed by atoms with E-state index >= 15 is 0 Å². The summed E-state index contributed by atoms with van der Waals surface area (Å²) in [5.74, 6) is 0.933. The quantitative estimate of drug-likeness (QED) is 0.358. The van der Waals surface area contributed by atoms with E-state index < -0.39 is 0 Å². The lowest BCUT2D eigenvalue weighted by atomic mass is 10.3. The predicted molar refractivity (Wildman–Crippen MR) is 111 cm³/mol. The molecule has 1 aliphatic carbocycles. The van der Waals surface area contributed by atoms with Gasteiger partial charge in [-0.05, 0) is 57.5 Å². The average molecular weight is 363 g/mol. The molecule has 25 heavy (non-hydrogen) atoms. The summed E-state index contributed by atoms with van der Waals surface area (Å²) in [5, 5.41) is 6.98. The zero-order chi connectivity index (χ0) is 18.0. The molecule has 2 N–H and O–H groups in total. The van der Waals surface area contributed by atoms with Crippen LogP contribution in [-0.4, -0.2) is 55.4 Å². The molecule has 0 aromatic heterocycles. The fourth-order valence-electron chi connectivity index (χ4n) is 2.87. The molecule has 0 unspecified atom stereocenters. The highest BCUT2D eigenvalue weighted by atomic mass is 32.2. The molecule has 1 aromatic carbocycles. The van der Waals surface area contributed by atoms with E-state index in [0.717, 1.165) is 32.1 Å². The first kappa shape index (κ1) is 20.1. The van der Waals surface area contributed by atoms with Crippen molar-refractivity contribution in [3.8, 4) is 0 Å². The van der Waals surface area contributed by atoms with Gasteiger partial charge in [-0.2, -0.15) is 0 Å². The van der Waals surface area contributed by atoms with Crippen molar-refractivity contribution in [2.75, 3.05) is 39.8 Å². The smallest absolute Gasteiger partial charge is 0.191 e. The highest BCUT2D eigenvalue weighted by Crippen LogP contribution is 2.51. The van der Waals surface area contributed by atoms with Gasteiger partial charge in [0.1, 0.15) is 0 Å². The molecule has 1 aromatic rings. The third-order valence-corrected chi connectivity index (χ3v) is 6.27. The van der Waals surface area contributed by atoms with Gasteiger partial charge in [-0.15, -0.1) is 11.8 Å². The van der Waals surface area contributed by atoms with Crippen LogP contribution >= 0.6 is 11.8 Å². The van der Waals surface area contributed by atoms with Crippen LogP contribution in [0.15, 0.2) is 40.2 Å². The fourth-order valence-corrected chi connectivity index (χ4v) is 4.11. The summed E-state index contributed by atoms with van der Waals surface area (Å²) >= 11 is 2.00. The number of nitrogens with zero attached hydrogens (tertiary/aromatic N) is 2. The first-order chi connectivity index (χ1) is 12.2. The minimum atomic E-state index is 0.349. The lowest BCUT2D eigenvalue weighted by Crippen LogP contribution is -2.41. The Morgan fingerprint density at radius 3 is 2.44 bits per heavy atom. The number of hydrogen-bond donors (Lipinski definition) is 2. The molecule has 0 saturated heterocycles. The molecule has 140 valence electrons. The van der Waals surface area contributed by atoms with E-state index in [0.29, 0.717) is 4.75 Å². The zero-order valence-electron chi connectivity index (χ0n) is 16.1. The molecule has 1 fully saturated rings. The van der Waals surface area contributed by atoms with E-state index in [2.05, 4.69) is 64.7 Å². The molecular formula is C20H34N4S. The number of aliphatic imine (C=N–C) groups is 1. The van der Waals surface area contributed by atoms with Gasteiger partial charge in [0.25, 0.3) is 0 Å². The van der Waals surface area contributed by atoms with Crippen LogP contribution in [0, 0.1) is 0 Å². The molecule has 0 aliphatic heterocycles. The number of hydrogen-bond acceptors (Lipinski definition) is 3. The van der Waals surface area contributed by atoms with Gasteiger partial charge >= 0.3 is 0 Å². The molecule has 4 nitrogen and oxygen atoms in total. The molecule has 1 aliphatic rings. The van der Waals surface area contributed by atoms with Crippen molar-refractivity contribution in [1.29, 1.82) is 0 Å². The Bertz CT molecular complexity index is 510. The monoisotopic (exact) mass is 362 g/mol. The third kappa shape index (κ3) is 7.28. The van der Waals surface area contributed by atoms with Crippen molar-refractivity contribution in [2.45, 2.75) is 49.2 Å². The van der Waals surface area contributed by atoms with Crippen LogP contribution in [0.1, 0.15) is 39.5 Å². The Morgan fingerprint density at radius 1 is 1.12 bits per heavy atom. The molecule has 0 bridgehead atoms. The molecule has 0 atom stereocenters. The van der Waals surface area contributed by atoms with Gasteiger partial charge in [-0.25, -0.2) is 0 Å². The number of nitrogens with one attached hydrogen (secondary N) is 2. The van der Waals surface area contributed by atoms with Gasteiger partial charge in [0.05, 0.1) is 0 Å². The Kier molecular flexibility index (Phi) is 8.62. The van der Waals surface area contributed by atoms with Crippen molar-refractivity contribution in [3.05, 3.63) is 30.3 Å². The summed E-state index contributed by atoms with van der Waals surface area (Å²) in [6.45, 7) is 9.91. The molecule has 1 saturated carbocycles. The van der Waals surface area contributed by atoms with E-state index in [9.17, 15) is 0 Å². The average Bonchev–Trinajstić information content (AvgIpc) is 3.41. The number of benzene rings is 1.